The van der Waals surface area contributed by atoms with Crippen LogP contribution in [0.25, 0.3) is 5.69 Å². The smallest absolute Gasteiger partial charge is 0.144 e. The van der Waals surface area contributed by atoms with Gasteiger partial charge in [0, 0.05) is 12.1 Å². The van der Waals surface area contributed by atoms with Gasteiger partial charge in [-0.05, 0) is 20.9 Å². The fourth-order valence-corrected chi connectivity index (χ4v) is 2.34. The highest BCUT2D eigenvalue weighted by Crippen LogP contribution is 2.36. The third kappa shape index (κ3) is 2.84. The Morgan fingerprint density at radius 1 is 1.19 bits per heavy atom. The first-order chi connectivity index (χ1) is 9.94. The molecule has 1 N–H and O–H groups in total. The Morgan fingerprint density at radius 2 is 1.86 bits per heavy atom. The molecule has 1 heterocycles. The van der Waals surface area contributed by atoms with Crippen molar-refractivity contribution in [2.45, 2.75) is 19.4 Å². The minimum Gasteiger partial charge on any atom is -0.495 e. The van der Waals surface area contributed by atoms with Gasteiger partial charge in [0.15, 0.2) is 0 Å². The predicted octanol–water partition coefficient (Wildman–Crippen LogP) is 3.00. The molecule has 1 aromatic heterocycles. The second-order valence-corrected chi connectivity index (χ2v) is 5.59. The Morgan fingerprint density at radius 3 is 2.43 bits per heavy atom. The third-order valence-corrected chi connectivity index (χ3v) is 3.91. The number of ether oxygens (including phenoxy) is 2. The molecule has 21 heavy (non-hydrogen) atoms. The maximum atomic E-state index is 6.16. The summed E-state index contributed by atoms with van der Waals surface area (Å²) < 4.78 is 12.7. The van der Waals surface area contributed by atoms with Gasteiger partial charge in [-0.25, -0.2) is 4.98 Å². The van der Waals surface area contributed by atoms with Gasteiger partial charge in [0.05, 0.1) is 48.7 Å². The van der Waals surface area contributed by atoms with Crippen LogP contribution in [-0.4, -0.2) is 30.8 Å². The van der Waals surface area contributed by atoms with Crippen LogP contribution >= 0.6 is 11.6 Å². The van der Waals surface area contributed by atoms with Crippen LogP contribution in [0.1, 0.15) is 19.5 Å². The predicted molar refractivity (Wildman–Crippen MR) is 83.8 cm³/mol. The minimum atomic E-state index is -0.242. The van der Waals surface area contributed by atoms with Gasteiger partial charge in [0.25, 0.3) is 0 Å². The number of hydrogen-bond acceptors (Lipinski definition) is 4. The number of halogens is 1. The molecule has 0 spiro atoms. The number of nitrogens with zero attached hydrogens (tertiary/aromatic N) is 2. The Kier molecular flexibility index (Phi) is 4.44. The fourth-order valence-electron chi connectivity index (χ4n) is 2.11. The van der Waals surface area contributed by atoms with Crippen molar-refractivity contribution in [1.29, 1.82) is 0 Å². The number of methoxy groups -OCH3 is 2. The van der Waals surface area contributed by atoms with Gasteiger partial charge in [0.2, 0.25) is 0 Å². The van der Waals surface area contributed by atoms with E-state index in [9.17, 15) is 0 Å². The van der Waals surface area contributed by atoms with Crippen LogP contribution < -0.4 is 14.8 Å². The van der Waals surface area contributed by atoms with E-state index in [1.807, 2.05) is 23.9 Å². The van der Waals surface area contributed by atoms with Crippen molar-refractivity contribution in [3.63, 3.8) is 0 Å². The first-order valence-electron chi connectivity index (χ1n) is 6.58. The largest absolute Gasteiger partial charge is 0.495 e. The zero-order chi connectivity index (χ0) is 15.6. The quantitative estimate of drug-likeness (QED) is 0.922. The summed E-state index contributed by atoms with van der Waals surface area (Å²) in [6.45, 7) is 4.17. The molecular weight excluding hydrogens is 290 g/mol. The highest BCUT2D eigenvalue weighted by Gasteiger charge is 2.24. The average Bonchev–Trinajstić information content (AvgIpc) is 2.97. The van der Waals surface area contributed by atoms with E-state index in [1.54, 1.807) is 26.6 Å². The first-order valence-corrected chi connectivity index (χ1v) is 6.96. The van der Waals surface area contributed by atoms with E-state index in [0.717, 1.165) is 11.4 Å². The fraction of sp³-hybridized carbons (Fsp3) is 0.400. The van der Waals surface area contributed by atoms with E-state index >= 15 is 0 Å². The molecule has 0 atom stereocenters. The summed E-state index contributed by atoms with van der Waals surface area (Å²) in [6, 6.07) is 3.59. The lowest BCUT2D eigenvalue weighted by Gasteiger charge is -2.26. The van der Waals surface area contributed by atoms with Gasteiger partial charge in [-0.15, -0.1) is 0 Å². The molecule has 114 valence electrons. The Labute approximate surface area is 129 Å². The Hall–Kier alpha value is -1.72. The molecule has 0 aliphatic heterocycles. The molecule has 0 aliphatic carbocycles. The molecule has 0 saturated carbocycles. The Bertz CT molecular complexity index is 638. The summed E-state index contributed by atoms with van der Waals surface area (Å²) in [6.07, 6.45) is 3.58. The summed E-state index contributed by atoms with van der Waals surface area (Å²) in [5.74, 6) is 1.25. The topological polar surface area (TPSA) is 48.3 Å². The lowest BCUT2D eigenvalue weighted by molar-refractivity contribution is 0.396. The number of hydrogen-bond donors (Lipinski definition) is 1. The Balaban J connectivity index is 2.65. The third-order valence-electron chi connectivity index (χ3n) is 3.62. The number of aromatic nitrogens is 2. The van der Waals surface area contributed by atoms with Crippen LogP contribution in [0.2, 0.25) is 5.02 Å². The van der Waals surface area contributed by atoms with Crippen LogP contribution in [0.3, 0.4) is 0 Å². The summed E-state index contributed by atoms with van der Waals surface area (Å²) in [5, 5.41) is 3.78. The molecule has 0 fully saturated rings. The van der Waals surface area contributed by atoms with Crippen molar-refractivity contribution in [3.8, 4) is 17.2 Å². The van der Waals surface area contributed by atoms with Crippen LogP contribution in [0.4, 0.5) is 0 Å². The molecule has 1 aromatic carbocycles. The van der Waals surface area contributed by atoms with E-state index in [0.29, 0.717) is 16.5 Å². The van der Waals surface area contributed by atoms with Crippen molar-refractivity contribution in [2.75, 3.05) is 21.3 Å². The molecule has 0 aliphatic rings. The molecule has 0 amide bonds. The molecule has 6 heteroatoms. The zero-order valence-electron chi connectivity index (χ0n) is 12.9. The van der Waals surface area contributed by atoms with Gasteiger partial charge in [-0.2, -0.15) is 0 Å². The van der Waals surface area contributed by atoms with Gasteiger partial charge >= 0.3 is 0 Å². The van der Waals surface area contributed by atoms with Crippen molar-refractivity contribution in [3.05, 3.63) is 35.4 Å². The molecule has 0 unspecified atom stereocenters. The molecule has 0 radical (unpaired) electrons. The number of imidazole rings is 1. The highest BCUT2D eigenvalue weighted by molar-refractivity contribution is 6.32. The van der Waals surface area contributed by atoms with E-state index < -0.39 is 0 Å². The monoisotopic (exact) mass is 309 g/mol. The van der Waals surface area contributed by atoms with Crippen LogP contribution in [0.5, 0.6) is 11.5 Å². The molecular formula is C15H20ClN3O2. The average molecular weight is 310 g/mol. The number of rotatable bonds is 5. The first kappa shape index (κ1) is 15.7. The molecule has 0 bridgehead atoms. The molecule has 2 rings (SSSR count). The van der Waals surface area contributed by atoms with Crippen molar-refractivity contribution in [1.82, 2.24) is 14.9 Å². The molecule has 2 aromatic rings. The van der Waals surface area contributed by atoms with Crippen molar-refractivity contribution >= 4 is 11.6 Å². The summed E-state index contributed by atoms with van der Waals surface area (Å²) >= 11 is 6.16. The summed E-state index contributed by atoms with van der Waals surface area (Å²) in [4.78, 5) is 4.26. The van der Waals surface area contributed by atoms with Crippen LogP contribution in [0.15, 0.2) is 24.7 Å². The van der Waals surface area contributed by atoms with Crippen LogP contribution in [-0.2, 0) is 5.54 Å². The van der Waals surface area contributed by atoms with E-state index in [1.165, 1.54) is 0 Å². The normalized spacial score (nSPS) is 11.5. The van der Waals surface area contributed by atoms with Gasteiger partial charge in [0.1, 0.15) is 11.5 Å². The number of benzene rings is 1. The summed E-state index contributed by atoms with van der Waals surface area (Å²) in [7, 11) is 5.11. The molecule has 5 nitrogen and oxygen atoms in total. The maximum absolute atomic E-state index is 6.16. The van der Waals surface area contributed by atoms with Gasteiger partial charge in [-0.1, -0.05) is 11.6 Å². The van der Waals surface area contributed by atoms with Gasteiger partial charge < -0.3 is 14.8 Å². The second kappa shape index (κ2) is 5.95. The lowest BCUT2D eigenvalue weighted by Crippen LogP contribution is -2.35. The van der Waals surface area contributed by atoms with Gasteiger partial charge in [-0.3, -0.25) is 4.57 Å². The van der Waals surface area contributed by atoms with Crippen molar-refractivity contribution in [2.24, 2.45) is 0 Å². The lowest BCUT2D eigenvalue weighted by atomic mass is 10.0. The van der Waals surface area contributed by atoms with Crippen LogP contribution in [0, 0.1) is 0 Å². The summed E-state index contributed by atoms with van der Waals surface area (Å²) in [5.41, 5.74) is 1.59. The van der Waals surface area contributed by atoms with Crippen molar-refractivity contribution < 1.29 is 9.47 Å². The van der Waals surface area contributed by atoms with E-state index in [4.69, 9.17) is 21.1 Å². The maximum Gasteiger partial charge on any atom is 0.144 e. The van der Waals surface area contributed by atoms with E-state index in [2.05, 4.69) is 24.1 Å². The molecule has 0 saturated heterocycles. The second-order valence-electron chi connectivity index (χ2n) is 5.18. The van der Waals surface area contributed by atoms with E-state index in [-0.39, 0.29) is 5.54 Å². The highest BCUT2D eigenvalue weighted by atomic mass is 35.5. The standard InChI is InChI=1S/C15H20ClN3O2/c1-15(2,17-3)14-8-18-9-19(14)11-7-12(20-4)10(16)6-13(11)21-5/h6-9,17H,1-5H3. The SMILES string of the molecule is CNC(C)(C)c1cncn1-c1cc(OC)c(Cl)cc1OC. The number of nitrogens with one attached hydrogen (secondary N) is 1. The minimum absolute atomic E-state index is 0.242. The zero-order valence-corrected chi connectivity index (χ0v) is 13.7.